The lowest BCUT2D eigenvalue weighted by Gasteiger charge is -2.31. The van der Waals surface area contributed by atoms with E-state index in [1.807, 2.05) is 42.5 Å². The third-order valence-corrected chi connectivity index (χ3v) is 5.05. The molecule has 2 aromatic heterocycles. The lowest BCUT2D eigenvalue weighted by Crippen LogP contribution is -2.35. The van der Waals surface area contributed by atoms with Gasteiger partial charge in [0.15, 0.2) is 11.5 Å². The van der Waals surface area contributed by atoms with Crippen LogP contribution in [0.1, 0.15) is 24.7 Å². The molecule has 0 unspecified atom stereocenters. The molecule has 26 heavy (non-hydrogen) atoms. The van der Waals surface area contributed by atoms with Crippen molar-refractivity contribution >= 4 is 28.0 Å². The first kappa shape index (κ1) is 15.1. The highest BCUT2D eigenvalue weighted by Crippen LogP contribution is 2.31. The zero-order valence-corrected chi connectivity index (χ0v) is 14.2. The van der Waals surface area contributed by atoms with Crippen LogP contribution in [0.2, 0.25) is 0 Å². The highest BCUT2D eigenvalue weighted by molar-refractivity contribution is 5.78. The number of H-pyrrole nitrogens is 1. The summed E-state index contributed by atoms with van der Waals surface area (Å²) in [7, 11) is 0. The maximum atomic E-state index is 12.3. The lowest BCUT2D eigenvalue weighted by atomic mass is 9.97. The van der Waals surface area contributed by atoms with E-state index in [1.54, 1.807) is 6.07 Å². The highest BCUT2D eigenvalue weighted by Gasteiger charge is 2.26. The number of fused-ring (bicyclic) bond motifs is 2. The molecule has 0 atom stereocenters. The van der Waals surface area contributed by atoms with E-state index >= 15 is 0 Å². The summed E-state index contributed by atoms with van der Waals surface area (Å²) in [5.41, 5.74) is 2.38. The van der Waals surface area contributed by atoms with E-state index in [4.69, 9.17) is 4.42 Å². The molecular formula is C20H18N4O2. The Labute approximate surface area is 149 Å². The van der Waals surface area contributed by atoms with E-state index in [-0.39, 0.29) is 5.56 Å². The predicted octanol–water partition coefficient (Wildman–Crippen LogP) is 3.45. The minimum atomic E-state index is -0.0910. The molecule has 2 aromatic carbocycles. The number of piperidine rings is 1. The van der Waals surface area contributed by atoms with Crippen molar-refractivity contribution in [2.24, 2.45) is 0 Å². The Bertz CT molecular complexity index is 1110. The third-order valence-electron chi connectivity index (χ3n) is 5.05. The minimum absolute atomic E-state index is 0.0910. The van der Waals surface area contributed by atoms with Gasteiger partial charge in [-0.2, -0.15) is 0 Å². The number of anilines is 1. The van der Waals surface area contributed by atoms with Crippen LogP contribution in [0.25, 0.3) is 22.0 Å². The number of aromatic nitrogens is 3. The van der Waals surface area contributed by atoms with E-state index < -0.39 is 0 Å². The highest BCUT2D eigenvalue weighted by atomic mass is 16.3. The molecule has 6 heteroatoms. The molecule has 0 saturated carbocycles. The number of rotatable bonds is 2. The molecule has 0 aliphatic carbocycles. The molecule has 1 N–H and O–H groups in total. The van der Waals surface area contributed by atoms with Crippen molar-refractivity contribution in [3.63, 3.8) is 0 Å². The van der Waals surface area contributed by atoms with Gasteiger partial charge in [0.25, 0.3) is 5.56 Å². The van der Waals surface area contributed by atoms with E-state index in [1.165, 1.54) is 0 Å². The topological polar surface area (TPSA) is 75.0 Å². The van der Waals surface area contributed by atoms with Crippen LogP contribution in [0.4, 0.5) is 5.95 Å². The minimum Gasteiger partial charge on any atom is -0.440 e. The number of benzene rings is 2. The molecule has 0 radical (unpaired) electrons. The number of nitrogens with zero attached hydrogens (tertiary/aromatic N) is 3. The zero-order chi connectivity index (χ0) is 17.5. The van der Waals surface area contributed by atoms with Crippen molar-refractivity contribution in [2.75, 3.05) is 18.0 Å². The number of hydrogen-bond donors (Lipinski definition) is 1. The normalized spacial score (nSPS) is 15.8. The Kier molecular flexibility index (Phi) is 3.48. The van der Waals surface area contributed by atoms with Crippen molar-refractivity contribution in [1.82, 2.24) is 15.0 Å². The first-order valence-corrected chi connectivity index (χ1v) is 8.87. The average Bonchev–Trinajstić information content (AvgIpc) is 3.12. The standard InChI is InChI=1S/C20H18N4O2/c25-18-14-5-1-2-6-15(14)22-20(23-18)24-11-9-13(10-12-24)19-21-16-7-3-4-8-17(16)26-19/h1-8,13H,9-12H2,(H,22,23,25). The van der Waals surface area contributed by atoms with Gasteiger partial charge in [0.05, 0.1) is 10.9 Å². The van der Waals surface area contributed by atoms with Crippen molar-refractivity contribution in [3.05, 3.63) is 64.8 Å². The summed E-state index contributed by atoms with van der Waals surface area (Å²) in [6.45, 7) is 1.62. The quantitative estimate of drug-likeness (QED) is 0.602. The van der Waals surface area contributed by atoms with Crippen molar-refractivity contribution < 1.29 is 4.42 Å². The van der Waals surface area contributed by atoms with Gasteiger partial charge in [-0.1, -0.05) is 24.3 Å². The molecule has 0 amide bonds. The van der Waals surface area contributed by atoms with Gasteiger partial charge in [0, 0.05) is 19.0 Å². The first-order chi connectivity index (χ1) is 12.8. The van der Waals surface area contributed by atoms with E-state index in [0.29, 0.717) is 17.3 Å². The first-order valence-electron chi connectivity index (χ1n) is 8.87. The summed E-state index contributed by atoms with van der Waals surface area (Å²) < 4.78 is 5.92. The Morgan fingerprint density at radius 1 is 0.962 bits per heavy atom. The van der Waals surface area contributed by atoms with E-state index in [0.717, 1.165) is 48.4 Å². The fourth-order valence-electron chi connectivity index (χ4n) is 3.63. The molecule has 130 valence electrons. The second kappa shape index (κ2) is 5.98. The molecule has 1 fully saturated rings. The van der Waals surface area contributed by atoms with Gasteiger partial charge in [0.1, 0.15) is 5.52 Å². The van der Waals surface area contributed by atoms with Crippen LogP contribution in [0.15, 0.2) is 57.7 Å². The van der Waals surface area contributed by atoms with E-state index in [9.17, 15) is 4.79 Å². The number of para-hydroxylation sites is 3. The maximum absolute atomic E-state index is 12.3. The van der Waals surface area contributed by atoms with Crippen LogP contribution in [0.5, 0.6) is 0 Å². The van der Waals surface area contributed by atoms with Gasteiger partial charge < -0.3 is 9.32 Å². The third kappa shape index (κ3) is 2.54. The fraction of sp³-hybridized carbons (Fsp3) is 0.250. The van der Waals surface area contributed by atoms with Gasteiger partial charge in [-0.05, 0) is 37.1 Å². The Morgan fingerprint density at radius 3 is 2.50 bits per heavy atom. The largest absolute Gasteiger partial charge is 0.440 e. The van der Waals surface area contributed by atoms with Crippen LogP contribution in [-0.4, -0.2) is 28.0 Å². The lowest BCUT2D eigenvalue weighted by molar-refractivity contribution is 0.405. The molecular weight excluding hydrogens is 328 g/mol. The van der Waals surface area contributed by atoms with Crippen molar-refractivity contribution in [3.8, 4) is 0 Å². The number of aromatic amines is 1. The Morgan fingerprint density at radius 2 is 1.69 bits per heavy atom. The van der Waals surface area contributed by atoms with E-state index in [2.05, 4.69) is 19.9 Å². The summed E-state index contributed by atoms with van der Waals surface area (Å²) in [5, 5.41) is 0.623. The van der Waals surface area contributed by atoms with Crippen LogP contribution < -0.4 is 10.5 Å². The van der Waals surface area contributed by atoms with Crippen LogP contribution in [-0.2, 0) is 0 Å². The molecule has 6 nitrogen and oxygen atoms in total. The Balaban J connectivity index is 1.37. The van der Waals surface area contributed by atoms with Crippen LogP contribution in [0.3, 0.4) is 0 Å². The second-order valence-corrected chi connectivity index (χ2v) is 6.69. The maximum Gasteiger partial charge on any atom is 0.260 e. The number of oxazole rings is 1. The summed E-state index contributed by atoms with van der Waals surface area (Å²) in [6.07, 6.45) is 1.84. The van der Waals surface area contributed by atoms with Gasteiger partial charge in [-0.3, -0.25) is 9.78 Å². The van der Waals surface area contributed by atoms with Crippen LogP contribution in [0, 0.1) is 0 Å². The van der Waals surface area contributed by atoms with Crippen molar-refractivity contribution in [1.29, 1.82) is 0 Å². The number of hydrogen-bond acceptors (Lipinski definition) is 5. The SMILES string of the molecule is O=c1[nH]c(N2CCC(c3nc4ccccc4o3)CC2)nc2ccccc12. The molecule has 1 aliphatic heterocycles. The predicted molar refractivity (Wildman–Crippen MR) is 101 cm³/mol. The number of nitrogens with one attached hydrogen (secondary N) is 1. The van der Waals surface area contributed by atoms with Gasteiger partial charge >= 0.3 is 0 Å². The van der Waals surface area contributed by atoms with Crippen molar-refractivity contribution in [2.45, 2.75) is 18.8 Å². The fourth-order valence-corrected chi connectivity index (χ4v) is 3.63. The molecule has 1 saturated heterocycles. The molecule has 5 rings (SSSR count). The van der Waals surface area contributed by atoms with Gasteiger partial charge in [0.2, 0.25) is 5.95 Å². The molecule has 3 heterocycles. The Hall–Kier alpha value is -3.15. The monoisotopic (exact) mass is 346 g/mol. The second-order valence-electron chi connectivity index (χ2n) is 6.69. The zero-order valence-electron chi connectivity index (χ0n) is 14.2. The summed E-state index contributed by atoms with van der Waals surface area (Å²) in [5.74, 6) is 1.75. The summed E-state index contributed by atoms with van der Waals surface area (Å²) in [4.78, 5) is 26.6. The molecule has 0 spiro atoms. The molecule has 0 bridgehead atoms. The summed E-state index contributed by atoms with van der Waals surface area (Å²) >= 11 is 0. The molecule has 4 aromatic rings. The van der Waals surface area contributed by atoms with Gasteiger partial charge in [-0.25, -0.2) is 9.97 Å². The van der Waals surface area contributed by atoms with Gasteiger partial charge in [-0.15, -0.1) is 0 Å². The average molecular weight is 346 g/mol. The summed E-state index contributed by atoms with van der Waals surface area (Å²) in [6, 6.07) is 15.3. The van der Waals surface area contributed by atoms with Crippen LogP contribution >= 0.6 is 0 Å². The molecule has 1 aliphatic rings. The smallest absolute Gasteiger partial charge is 0.260 e.